The van der Waals surface area contributed by atoms with Gasteiger partial charge < -0.3 is 10.1 Å². The van der Waals surface area contributed by atoms with Crippen LogP contribution in [-0.4, -0.2) is 40.9 Å². The molecule has 0 atom stereocenters. The van der Waals surface area contributed by atoms with Gasteiger partial charge in [0, 0.05) is 37.2 Å². The molecule has 3 aromatic rings. The molecule has 2 aromatic heterocycles. The van der Waals surface area contributed by atoms with Gasteiger partial charge in [-0.15, -0.1) is 0 Å². The summed E-state index contributed by atoms with van der Waals surface area (Å²) in [6, 6.07) is 11.9. The molecular formula is C19H19FN4O2. The summed E-state index contributed by atoms with van der Waals surface area (Å²) in [5.74, 6) is -0.470. The van der Waals surface area contributed by atoms with Crippen molar-refractivity contribution in [2.45, 2.75) is 6.54 Å². The summed E-state index contributed by atoms with van der Waals surface area (Å²) in [5, 5.41) is 7.39. The number of methoxy groups -OCH3 is 1. The van der Waals surface area contributed by atoms with Gasteiger partial charge >= 0.3 is 0 Å². The van der Waals surface area contributed by atoms with Gasteiger partial charge in [-0.1, -0.05) is 0 Å². The minimum atomic E-state index is -0.290. The van der Waals surface area contributed by atoms with Crippen LogP contribution in [0.4, 0.5) is 4.39 Å². The minimum absolute atomic E-state index is 0.0232. The molecule has 7 heteroatoms. The Hall–Kier alpha value is -3.06. The summed E-state index contributed by atoms with van der Waals surface area (Å²) in [7, 11) is 1.47. The van der Waals surface area contributed by atoms with Crippen LogP contribution in [0.15, 0.2) is 54.9 Å². The lowest BCUT2D eigenvalue weighted by molar-refractivity contribution is -0.124. The molecule has 0 unspecified atom stereocenters. The number of pyridine rings is 1. The number of hydrogen-bond acceptors (Lipinski definition) is 4. The van der Waals surface area contributed by atoms with Crippen LogP contribution in [0, 0.1) is 5.82 Å². The van der Waals surface area contributed by atoms with E-state index in [1.807, 2.05) is 22.9 Å². The highest BCUT2D eigenvalue weighted by Gasteiger charge is 2.12. The van der Waals surface area contributed by atoms with Crippen molar-refractivity contribution in [1.29, 1.82) is 0 Å². The maximum absolute atomic E-state index is 13.2. The predicted octanol–water partition coefficient (Wildman–Crippen LogP) is 2.51. The van der Waals surface area contributed by atoms with Crippen molar-refractivity contribution in [2.24, 2.45) is 0 Å². The third-order valence-electron chi connectivity index (χ3n) is 3.80. The Labute approximate surface area is 150 Å². The van der Waals surface area contributed by atoms with Gasteiger partial charge in [-0.3, -0.25) is 14.5 Å². The number of nitrogens with one attached hydrogen (secondary N) is 1. The zero-order chi connectivity index (χ0) is 18.4. The van der Waals surface area contributed by atoms with Crippen molar-refractivity contribution in [3.05, 3.63) is 60.7 Å². The van der Waals surface area contributed by atoms with Crippen molar-refractivity contribution in [3.63, 3.8) is 0 Å². The molecule has 0 fully saturated rings. The molecule has 1 N–H and O–H groups in total. The second-order valence-electron chi connectivity index (χ2n) is 5.67. The van der Waals surface area contributed by atoms with Crippen LogP contribution >= 0.6 is 0 Å². The summed E-state index contributed by atoms with van der Waals surface area (Å²) < 4.78 is 19.8. The Morgan fingerprint density at radius 2 is 2.04 bits per heavy atom. The van der Waals surface area contributed by atoms with Crippen LogP contribution in [0.25, 0.3) is 22.5 Å². The second-order valence-corrected chi connectivity index (χ2v) is 5.67. The molecule has 1 amide bonds. The molecule has 0 aliphatic heterocycles. The maximum atomic E-state index is 13.2. The summed E-state index contributed by atoms with van der Waals surface area (Å²) in [4.78, 5) is 15.7. The average molecular weight is 354 g/mol. The molecule has 1 aromatic carbocycles. The highest BCUT2D eigenvalue weighted by atomic mass is 19.1. The molecule has 0 aliphatic rings. The highest BCUT2D eigenvalue weighted by Crippen LogP contribution is 2.25. The summed E-state index contributed by atoms with van der Waals surface area (Å²) >= 11 is 0. The van der Waals surface area contributed by atoms with E-state index in [0.29, 0.717) is 13.1 Å². The van der Waals surface area contributed by atoms with Gasteiger partial charge in [0.25, 0.3) is 0 Å². The Balaban J connectivity index is 1.86. The fourth-order valence-electron chi connectivity index (χ4n) is 2.58. The smallest absolute Gasteiger partial charge is 0.246 e. The quantitative estimate of drug-likeness (QED) is 0.708. The third kappa shape index (κ3) is 4.31. The van der Waals surface area contributed by atoms with E-state index in [1.165, 1.54) is 19.2 Å². The molecular weight excluding hydrogens is 335 g/mol. The Morgan fingerprint density at radius 1 is 1.23 bits per heavy atom. The van der Waals surface area contributed by atoms with Crippen LogP contribution in [-0.2, 0) is 16.1 Å². The molecule has 0 spiro atoms. The van der Waals surface area contributed by atoms with E-state index in [4.69, 9.17) is 4.74 Å². The van der Waals surface area contributed by atoms with Crippen LogP contribution < -0.4 is 5.32 Å². The molecule has 3 rings (SSSR count). The van der Waals surface area contributed by atoms with E-state index >= 15 is 0 Å². The topological polar surface area (TPSA) is 69.0 Å². The zero-order valence-corrected chi connectivity index (χ0v) is 14.4. The van der Waals surface area contributed by atoms with E-state index in [2.05, 4.69) is 15.4 Å². The van der Waals surface area contributed by atoms with Gasteiger partial charge in [-0.25, -0.2) is 4.39 Å². The van der Waals surface area contributed by atoms with Gasteiger partial charge in [0.15, 0.2) is 0 Å². The largest absolute Gasteiger partial charge is 0.375 e. The average Bonchev–Trinajstić information content (AvgIpc) is 3.07. The first-order valence-corrected chi connectivity index (χ1v) is 8.17. The Bertz CT molecular complexity index is 863. The molecule has 0 saturated carbocycles. The van der Waals surface area contributed by atoms with Crippen molar-refractivity contribution in [3.8, 4) is 22.5 Å². The molecule has 0 radical (unpaired) electrons. The van der Waals surface area contributed by atoms with Gasteiger partial charge in [-0.2, -0.15) is 5.10 Å². The normalized spacial score (nSPS) is 10.7. The highest BCUT2D eigenvalue weighted by molar-refractivity contribution is 5.77. The van der Waals surface area contributed by atoms with E-state index in [0.717, 1.165) is 22.5 Å². The van der Waals surface area contributed by atoms with Crippen LogP contribution in [0.2, 0.25) is 0 Å². The van der Waals surface area contributed by atoms with Crippen LogP contribution in [0.1, 0.15) is 0 Å². The number of carbonyl (C=O) groups is 1. The monoisotopic (exact) mass is 354 g/mol. The first-order valence-electron chi connectivity index (χ1n) is 8.17. The van der Waals surface area contributed by atoms with E-state index < -0.39 is 0 Å². The Morgan fingerprint density at radius 3 is 2.73 bits per heavy atom. The number of amides is 1. The molecule has 2 heterocycles. The summed E-state index contributed by atoms with van der Waals surface area (Å²) in [5.41, 5.74) is 3.33. The molecule has 26 heavy (non-hydrogen) atoms. The maximum Gasteiger partial charge on any atom is 0.246 e. The molecule has 134 valence electrons. The lowest BCUT2D eigenvalue weighted by Gasteiger charge is -2.08. The van der Waals surface area contributed by atoms with Gasteiger partial charge in [-0.05, 0) is 42.5 Å². The van der Waals surface area contributed by atoms with Crippen LogP contribution in [0.3, 0.4) is 0 Å². The van der Waals surface area contributed by atoms with Crippen molar-refractivity contribution >= 4 is 5.91 Å². The standard InChI is InChI=1S/C19H19FN4O2/c1-26-13-19(25)22-9-10-24-18(15-3-2-8-21-12-15)11-17(23-24)14-4-6-16(20)7-5-14/h2-8,11-12H,9-10,13H2,1H3,(H,22,25). The SMILES string of the molecule is COCC(=O)NCCn1nc(-c2ccc(F)cc2)cc1-c1cccnc1. The number of aromatic nitrogens is 3. The summed E-state index contributed by atoms with van der Waals surface area (Å²) in [6.45, 7) is 0.927. The predicted molar refractivity (Wildman–Crippen MR) is 95.7 cm³/mol. The number of ether oxygens (including phenoxy) is 1. The second kappa shape index (κ2) is 8.35. The van der Waals surface area contributed by atoms with Gasteiger partial charge in [0.2, 0.25) is 5.91 Å². The van der Waals surface area contributed by atoms with Crippen molar-refractivity contribution in [1.82, 2.24) is 20.1 Å². The van der Waals surface area contributed by atoms with Crippen molar-refractivity contribution in [2.75, 3.05) is 20.3 Å². The number of hydrogen-bond donors (Lipinski definition) is 1. The number of halogens is 1. The lowest BCUT2D eigenvalue weighted by atomic mass is 10.1. The van der Waals surface area contributed by atoms with Gasteiger partial charge in [0.05, 0.1) is 17.9 Å². The van der Waals surface area contributed by atoms with Crippen LogP contribution in [0.5, 0.6) is 0 Å². The molecule has 0 aliphatic carbocycles. The van der Waals surface area contributed by atoms with E-state index in [1.54, 1.807) is 24.5 Å². The summed E-state index contributed by atoms with van der Waals surface area (Å²) in [6.07, 6.45) is 3.46. The van der Waals surface area contributed by atoms with Gasteiger partial charge in [0.1, 0.15) is 12.4 Å². The number of nitrogens with zero attached hydrogens (tertiary/aromatic N) is 3. The number of benzene rings is 1. The third-order valence-corrected chi connectivity index (χ3v) is 3.80. The molecule has 0 saturated heterocycles. The zero-order valence-electron chi connectivity index (χ0n) is 14.4. The lowest BCUT2D eigenvalue weighted by Crippen LogP contribution is -2.30. The number of rotatable bonds is 7. The molecule has 0 bridgehead atoms. The Kier molecular flexibility index (Phi) is 5.70. The number of carbonyl (C=O) groups excluding carboxylic acids is 1. The van der Waals surface area contributed by atoms with E-state index in [-0.39, 0.29) is 18.3 Å². The fourth-order valence-corrected chi connectivity index (χ4v) is 2.58. The van der Waals surface area contributed by atoms with Crippen molar-refractivity contribution < 1.29 is 13.9 Å². The van der Waals surface area contributed by atoms with E-state index in [9.17, 15) is 9.18 Å². The first kappa shape index (κ1) is 17.8. The first-order chi connectivity index (χ1) is 12.7. The minimum Gasteiger partial charge on any atom is -0.375 e. The fraction of sp³-hybridized carbons (Fsp3) is 0.211. The molecule has 6 nitrogen and oxygen atoms in total.